The van der Waals surface area contributed by atoms with Gasteiger partial charge in [-0.3, -0.25) is 0 Å². The van der Waals surface area contributed by atoms with E-state index < -0.39 is 6.03 Å². The summed E-state index contributed by atoms with van der Waals surface area (Å²) in [5, 5.41) is 0. The molecule has 0 bridgehead atoms. The second kappa shape index (κ2) is 5.74. The van der Waals surface area contributed by atoms with Gasteiger partial charge in [-0.15, -0.1) is 0 Å². The predicted molar refractivity (Wildman–Crippen MR) is 79.6 cm³/mol. The summed E-state index contributed by atoms with van der Waals surface area (Å²) in [6.07, 6.45) is 4.16. The lowest BCUT2D eigenvalue weighted by atomic mass is 9.88. The standard InChI is InChI=1S/C16H17FN2O.H2/c1-3-11-9-10-19(16(18)20)15(14(11)4-2)12-5-7-13(17)8-6-12;/h3-8,15H,1-2,9-10H2,(H2,18,20);1H/t15-;/m0./s1. The first-order valence-electron chi connectivity index (χ1n) is 6.38. The zero-order valence-corrected chi connectivity index (χ0v) is 11.2. The van der Waals surface area contributed by atoms with Crippen molar-refractivity contribution < 1.29 is 10.6 Å². The molecule has 1 aromatic rings. The topological polar surface area (TPSA) is 46.3 Å². The van der Waals surface area contributed by atoms with Crippen molar-refractivity contribution in [2.24, 2.45) is 5.73 Å². The van der Waals surface area contributed by atoms with Gasteiger partial charge in [0.2, 0.25) is 0 Å². The second-order valence-electron chi connectivity index (χ2n) is 4.62. The van der Waals surface area contributed by atoms with E-state index in [0.717, 1.165) is 16.7 Å². The van der Waals surface area contributed by atoms with E-state index in [9.17, 15) is 9.18 Å². The number of hydrogen-bond acceptors (Lipinski definition) is 1. The number of rotatable bonds is 3. The van der Waals surface area contributed by atoms with Gasteiger partial charge in [0.15, 0.2) is 0 Å². The van der Waals surface area contributed by atoms with Gasteiger partial charge in [-0.05, 0) is 35.3 Å². The summed E-state index contributed by atoms with van der Waals surface area (Å²) >= 11 is 0. The fourth-order valence-electron chi connectivity index (χ4n) is 2.56. The van der Waals surface area contributed by atoms with Crippen LogP contribution in [0.25, 0.3) is 0 Å². The van der Waals surface area contributed by atoms with E-state index in [1.807, 2.05) is 0 Å². The maximum atomic E-state index is 13.1. The normalized spacial score (nSPS) is 18.9. The molecule has 1 heterocycles. The lowest BCUT2D eigenvalue weighted by molar-refractivity contribution is 0.190. The number of urea groups is 1. The SMILES string of the molecule is C=CC1=C(C=C)[C@H](c2ccc(F)cc2)N(C(N)=O)CC1.[HH]. The molecule has 0 saturated heterocycles. The number of hydrogen-bond donors (Lipinski definition) is 1. The Balaban J connectivity index is 0.00000220. The highest BCUT2D eigenvalue weighted by atomic mass is 19.1. The maximum Gasteiger partial charge on any atom is 0.315 e. The molecule has 20 heavy (non-hydrogen) atoms. The van der Waals surface area contributed by atoms with Crippen LogP contribution in [0.2, 0.25) is 0 Å². The van der Waals surface area contributed by atoms with Gasteiger partial charge in [0.1, 0.15) is 5.82 Å². The second-order valence-corrected chi connectivity index (χ2v) is 4.62. The number of halogens is 1. The highest BCUT2D eigenvalue weighted by molar-refractivity contribution is 5.74. The smallest absolute Gasteiger partial charge is 0.315 e. The van der Waals surface area contributed by atoms with E-state index in [-0.39, 0.29) is 13.3 Å². The Hall–Kier alpha value is -2.36. The molecule has 1 aromatic carbocycles. The fourth-order valence-corrected chi connectivity index (χ4v) is 2.56. The zero-order chi connectivity index (χ0) is 14.7. The number of carbonyl (C=O) groups excluding carboxylic acids is 1. The Bertz CT molecular complexity index is 580. The van der Waals surface area contributed by atoms with E-state index in [2.05, 4.69) is 13.2 Å². The van der Waals surface area contributed by atoms with Crippen LogP contribution >= 0.6 is 0 Å². The van der Waals surface area contributed by atoms with E-state index in [1.54, 1.807) is 29.2 Å². The molecule has 3 nitrogen and oxygen atoms in total. The Morgan fingerprint density at radius 2 is 2.00 bits per heavy atom. The van der Waals surface area contributed by atoms with Gasteiger partial charge >= 0.3 is 6.03 Å². The van der Waals surface area contributed by atoms with Gasteiger partial charge in [-0.25, -0.2) is 9.18 Å². The molecule has 1 aliphatic rings. The third kappa shape index (κ3) is 2.50. The molecule has 0 aliphatic carbocycles. The fraction of sp³-hybridized carbons (Fsp3) is 0.188. The summed E-state index contributed by atoms with van der Waals surface area (Å²) in [4.78, 5) is 13.2. The van der Waals surface area contributed by atoms with Crippen LogP contribution in [0.3, 0.4) is 0 Å². The Morgan fingerprint density at radius 1 is 1.35 bits per heavy atom. The van der Waals surface area contributed by atoms with Gasteiger partial charge < -0.3 is 10.6 Å². The summed E-state index contributed by atoms with van der Waals surface area (Å²) in [5.74, 6) is -0.316. The minimum absolute atomic E-state index is 0. The molecule has 2 rings (SSSR count). The van der Waals surface area contributed by atoms with Crippen molar-refractivity contribution in [3.63, 3.8) is 0 Å². The molecule has 4 heteroatoms. The van der Waals surface area contributed by atoms with E-state index in [4.69, 9.17) is 5.73 Å². The van der Waals surface area contributed by atoms with E-state index >= 15 is 0 Å². The lowest BCUT2D eigenvalue weighted by Gasteiger charge is -2.36. The van der Waals surface area contributed by atoms with Crippen molar-refractivity contribution in [2.45, 2.75) is 12.5 Å². The molecule has 1 atom stereocenters. The number of benzene rings is 1. The van der Waals surface area contributed by atoms with Crippen LogP contribution in [0.15, 0.2) is 60.7 Å². The number of carbonyl (C=O) groups is 1. The van der Waals surface area contributed by atoms with Crippen molar-refractivity contribution in [1.82, 2.24) is 4.90 Å². The van der Waals surface area contributed by atoms with E-state index in [0.29, 0.717) is 13.0 Å². The van der Waals surface area contributed by atoms with Crippen molar-refractivity contribution in [2.75, 3.05) is 6.54 Å². The first-order valence-corrected chi connectivity index (χ1v) is 6.38. The maximum absolute atomic E-state index is 13.1. The van der Waals surface area contributed by atoms with Crippen molar-refractivity contribution in [1.29, 1.82) is 0 Å². The minimum atomic E-state index is -0.498. The molecular weight excluding hydrogens is 255 g/mol. The third-order valence-electron chi connectivity index (χ3n) is 3.53. The average Bonchev–Trinajstić information content (AvgIpc) is 2.46. The molecule has 1 aliphatic heterocycles. The molecule has 0 aromatic heterocycles. The number of allylic oxidation sites excluding steroid dienone is 1. The van der Waals surface area contributed by atoms with Gasteiger partial charge in [-0.2, -0.15) is 0 Å². The van der Waals surface area contributed by atoms with Crippen LogP contribution in [-0.4, -0.2) is 17.5 Å². The Kier molecular flexibility index (Phi) is 4.03. The number of amides is 2. The van der Waals surface area contributed by atoms with Gasteiger partial charge in [0.05, 0.1) is 6.04 Å². The van der Waals surface area contributed by atoms with Gasteiger partial charge in [0.25, 0.3) is 0 Å². The largest absolute Gasteiger partial charge is 0.351 e. The van der Waals surface area contributed by atoms with Crippen LogP contribution in [0, 0.1) is 5.82 Å². The quantitative estimate of drug-likeness (QED) is 0.900. The zero-order valence-electron chi connectivity index (χ0n) is 11.2. The molecule has 0 fully saturated rings. The predicted octanol–water partition coefficient (Wildman–Crippen LogP) is 3.57. The molecule has 2 amide bonds. The van der Waals surface area contributed by atoms with E-state index in [1.165, 1.54) is 12.1 Å². The van der Waals surface area contributed by atoms with Crippen LogP contribution in [0.5, 0.6) is 0 Å². The Labute approximate surface area is 119 Å². The number of primary amides is 1. The summed E-state index contributed by atoms with van der Waals surface area (Å²) in [5.41, 5.74) is 8.18. The monoisotopic (exact) mass is 274 g/mol. The third-order valence-corrected chi connectivity index (χ3v) is 3.53. The van der Waals surface area contributed by atoms with Gasteiger partial charge in [-0.1, -0.05) is 37.4 Å². The average molecular weight is 274 g/mol. The molecule has 0 saturated carbocycles. The first-order chi connectivity index (χ1) is 9.58. The highest BCUT2D eigenvalue weighted by Crippen LogP contribution is 2.36. The molecule has 2 N–H and O–H groups in total. The molecular formula is C16H19FN2O. The summed E-state index contributed by atoms with van der Waals surface area (Å²) in [7, 11) is 0. The number of nitrogens with two attached hydrogens (primary N) is 1. The van der Waals surface area contributed by atoms with Crippen LogP contribution < -0.4 is 5.73 Å². The molecule has 0 spiro atoms. The minimum Gasteiger partial charge on any atom is -0.351 e. The van der Waals surface area contributed by atoms with Crippen LogP contribution in [0.1, 0.15) is 19.5 Å². The Morgan fingerprint density at radius 3 is 2.50 bits per heavy atom. The van der Waals surface area contributed by atoms with Crippen molar-refractivity contribution in [3.05, 3.63) is 72.1 Å². The lowest BCUT2D eigenvalue weighted by Crippen LogP contribution is -2.42. The molecule has 0 radical (unpaired) electrons. The highest BCUT2D eigenvalue weighted by Gasteiger charge is 2.30. The summed E-state index contributed by atoms with van der Waals surface area (Å²) in [6.45, 7) is 8.12. The summed E-state index contributed by atoms with van der Waals surface area (Å²) < 4.78 is 13.1. The molecule has 0 unspecified atom stereocenters. The van der Waals surface area contributed by atoms with Crippen LogP contribution in [-0.2, 0) is 0 Å². The summed E-state index contributed by atoms with van der Waals surface area (Å²) in [6, 6.07) is 5.22. The van der Waals surface area contributed by atoms with Gasteiger partial charge in [0, 0.05) is 7.97 Å². The molecule has 106 valence electrons. The van der Waals surface area contributed by atoms with Crippen LogP contribution in [0.4, 0.5) is 9.18 Å². The number of nitrogens with zero attached hydrogens (tertiary/aromatic N) is 1. The van der Waals surface area contributed by atoms with Crippen molar-refractivity contribution >= 4 is 6.03 Å². The van der Waals surface area contributed by atoms with Crippen molar-refractivity contribution in [3.8, 4) is 0 Å². The first kappa shape index (κ1) is 14.1.